The number of fused-ring (bicyclic) bond motifs is 1. The first-order chi connectivity index (χ1) is 16.8. The van der Waals surface area contributed by atoms with E-state index in [1.807, 2.05) is 19.1 Å². The smallest absolute Gasteiger partial charge is 0.346 e. The third-order valence-electron chi connectivity index (χ3n) is 6.51. The molecule has 182 valence electrons. The summed E-state index contributed by atoms with van der Waals surface area (Å²) in [6, 6.07) is 10.7. The summed E-state index contributed by atoms with van der Waals surface area (Å²) in [7, 11) is 0. The van der Waals surface area contributed by atoms with E-state index in [1.165, 1.54) is 10.9 Å². The highest BCUT2D eigenvalue weighted by Gasteiger charge is 2.26. The molecule has 1 aliphatic heterocycles. The lowest BCUT2D eigenvalue weighted by Gasteiger charge is -2.37. The lowest BCUT2D eigenvalue weighted by Crippen LogP contribution is -2.47. The number of aromatic nitrogens is 2. The zero-order valence-electron chi connectivity index (χ0n) is 19.4. The zero-order chi connectivity index (χ0) is 24.7. The van der Waals surface area contributed by atoms with Gasteiger partial charge < -0.3 is 10.1 Å². The summed E-state index contributed by atoms with van der Waals surface area (Å²) in [5, 5.41) is 9.75. The van der Waals surface area contributed by atoms with Crippen LogP contribution in [0, 0.1) is 12.7 Å². The molecule has 0 radical (unpaired) electrons. The van der Waals surface area contributed by atoms with E-state index < -0.39 is 5.97 Å². The molecule has 4 heterocycles. The fourth-order valence-corrected chi connectivity index (χ4v) is 6.60. The number of halogens is 1. The van der Waals surface area contributed by atoms with E-state index in [4.69, 9.17) is 0 Å². The second-order valence-corrected chi connectivity index (χ2v) is 10.9. The maximum atomic E-state index is 13.6. The maximum Gasteiger partial charge on any atom is 0.346 e. The van der Waals surface area contributed by atoms with Crippen LogP contribution in [-0.4, -0.2) is 57.0 Å². The van der Waals surface area contributed by atoms with Gasteiger partial charge in [-0.15, -0.1) is 22.7 Å². The van der Waals surface area contributed by atoms with Crippen LogP contribution in [0.5, 0.6) is 0 Å². The lowest BCUT2D eigenvalue weighted by atomic mass is 10.2. The van der Waals surface area contributed by atoms with Gasteiger partial charge in [0.25, 0.3) is 5.56 Å². The average molecular weight is 513 g/mol. The molecule has 0 saturated carbocycles. The van der Waals surface area contributed by atoms with Crippen molar-refractivity contribution in [2.24, 2.45) is 0 Å². The van der Waals surface area contributed by atoms with Crippen LogP contribution in [0.3, 0.4) is 0 Å². The Morgan fingerprint density at radius 3 is 2.69 bits per heavy atom. The third-order valence-corrected chi connectivity index (χ3v) is 8.81. The van der Waals surface area contributed by atoms with Crippen molar-refractivity contribution < 1.29 is 14.3 Å². The Labute approximate surface area is 209 Å². The quantitative estimate of drug-likeness (QED) is 0.388. The minimum absolute atomic E-state index is 0.0914. The van der Waals surface area contributed by atoms with Gasteiger partial charge in [0.05, 0.1) is 11.4 Å². The summed E-state index contributed by atoms with van der Waals surface area (Å²) >= 11 is 2.74. The van der Waals surface area contributed by atoms with Crippen LogP contribution in [-0.2, 0) is 6.54 Å². The van der Waals surface area contributed by atoms with Crippen molar-refractivity contribution in [3.63, 3.8) is 0 Å². The highest BCUT2D eigenvalue weighted by molar-refractivity contribution is 7.20. The number of rotatable bonds is 6. The van der Waals surface area contributed by atoms with Crippen molar-refractivity contribution in [2.45, 2.75) is 26.4 Å². The Bertz CT molecular complexity index is 1450. The summed E-state index contributed by atoms with van der Waals surface area (Å²) in [6.45, 7) is 7.93. The molecule has 0 spiro atoms. The number of nitrogens with one attached hydrogen (secondary N) is 1. The van der Waals surface area contributed by atoms with Gasteiger partial charge in [-0.3, -0.25) is 14.6 Å². The number of carboxylic acid groups (broad SMARTS) is 1. The molecule has 1 fully saturated rings. The van der Waals surface area contributed by atoms with E-state index >= 15 is 0 Å². The van der Waals surface area contributed by atoms with Crippen LogP contribution in [0.25, 0.3) is 20.7 Å². The van der Waals surface area contributed by atoms with Gasteiger partial charge in [0.1, 0.15) is 21.3 Å². The van der Waals surface area contributed by atoms with Gasteiger partial charge >= 0.3 is 5.97 Å². The third kappa shape index (κ3) is 4.79. The van der Waals surface area contributed by atoms with E-state index in [0.29, 0.717) is 21.6 Å². The van der Waals surface area contributed by atoms with Crippen molar-refractivity contribution in [3.05, 3.63) is 73.7 Å². The maximum absolute atomic E-state index is 13.6. The zero-order valence-corrected chi connectivity index (χ0v) is 21.0. The molecule has 35 heavy (non-hydrogen) atoms. The largest absolute Gasteiger partial charge is 0.477 e. The molecule has 1 aromatic carbocycles. The molecular formula is C25H25FN4O3S2. The second kappa shape index (κ2) is 9.62. The molecule has 0 aliphatic carbocycles. The fraction of sp³-hybridized carbons (Fsp3) is 0.320. The molecule has 5 rings (SSSR count). The van der Waals surface area contributed by atoms with Gasteiger partial charge in [0.15, 0.2) is 0 Å². The Kier molecular flexibility index (Phi) is 6.54. The summed E-state index contributed by atoms with van der Waals surface area (Å²) in [5.74, 6) is -0.703. The summed E-state index contributed by atoms with van der Waals surface area (Å²) in [5.41, 5.74) is 1.08. The lowest BCUT2D eigenvalue weighted by molar-refractivity contribution is 0.0701. The van der Waals surface area contributed by atoms with Crippen molar-refractivity contribution in [2.75, 3.05) is 26.2 Å². The molecule has 2 N–H and O–H groups in total. The predicted molar refractivity (Wildman–Crippen MR) is 137 cm³/mol. The number of H-pyrrole nitrogens is 1. The number of nitrogens with zero attached hydrogens (tertiary/aromatic N) is 3. The molecule has 1 saturated heterocycles. The molecule has 0 amide bonds. The van der Waals surface area contributed by atoms with Gasteiger partial charge in [-0.05, 0) is 49.2 Å². The number of piperazine rings is 1. The topological polar surface area (TPSA) is 89.5 Å². The highest BCUT2D eigenvalue weighted by atomic mass is 32.1. The van der Waals surface area contributed by atoms with Crippen LogP contribution < -0.4 is 5.56 Å². The summed E-state index contributed by atoms with van der Waals surface area (Å²) in [6.07, 6.45) is 0. The normalized spacial score (nSPS) is 16.1. The van der Waals surface area contributed by atoms with Crippen LogP contribution in [0.2, 0.25) is 0 Å². The first-order valence-electron chi connectivity index (χ1n) is 11.4. The van der Waals surface area contributed by atoms with E-state index in [2.05, 4.69) is 25.8 Å². The van der Waals surface area contributed by atoms with Gasteiger partial charge in [-0.1, -0.05) is 12.1 Å². The highest BCUT2D eigenvalue weighted by Crippen LogP contribution is 2.31. The molecule has 7 nitrogen and oxygen atoms in total. The molecular weight excluding hydrogens is 487 g/mol. The predicted octanol–water partition coefficient (Wildman–Crippen LogP) is 4.74. The number of aryl methyl sites for hydroxylation is 1. The van der Waals surface area contributed by atoms with Gasteiger partial charge in [-0.2, -0.15) is 0 Å². The number of aromatic carboxylic acids is 1. The first kappa shape index (κ1) is 23.8. The number of benzene rings is 1. The van der Waals surface area contributed by atoms with Crippen molar-refractivity contribution >= 4 is 38.9 Å². The van der Waals surface area contributed by atoms with E-state index in [9.17, 15) is 19.1 Å². The van der Waals surface area contributed by atoms with Crippen LogP contribution in [0.4, 0.5) is 4.39 Å². The SMILES string of the molecule is Cc1c(C(=O)O)sc2nc(C(C)N3CCN(Cc4ccc(-c5cccc(F)c5)s4)CC3)[nH]c(=O)c12. The summed E-state index contributed by atoms with van der Waals surface area (Å²) < 4.78 is 13.6. The number of hydrogen-bond acceptors (Lipinski definition) is 7. The molecule has 3 aromatic heterocycles. The summed E-state index contributed by atoms with van der Waals surface area (Å²) in [4.78, 5) is 39.3. The van der Waals surface area contributed by atoms with E-state index in [1.54, 1.807) is 30.4 Å². The van der Waals surface area contributed by atoms with Crippen molar-refractivity contribution in [1.82, 2.24) is 19.8 Å². The van der Waals surface area contributed by atoms with Crippen molar-refractivity contribution in [1.29, 1.82) is 0 Å². The molecule has 1 unspecified atom stereocenters. The fourth-order valence-electron chi connectivity index (χ4n) is 4.52. The van der Waals surface area contributed by atoms with Crippen LogP contribution >= 0.6 is 22.7 Å². The Balaban J connectivity index is 1.24. The molecule has 1 atom stereocenters. The standard InChI is InChI=1S/C25H25FN4O3S2/c1-14-20-23(31)27-22(28-24(20)35-21(14)25(32)33)15(2)30-10-8-29(9-11-30)13-18-6-7-19(34-18)16-4-3-5-17(26)12-16/h3-7,12,15H,8-11,13H2,1-2H3,(H,32,33)(H,27,28,31). The average Bonchev–Trinajstić information content (AvgIpc) is 3.44. The minimum atomic E-state index is -1.04. The minimum Gasteiger partial charge on any atom is -0.477 e. The van der Waals surface area contributed by atoms with E-state index in [-0.39, 0.29) is 22.3 Å². The second-order valence-electron chi connectivity index (χ2n) is 8.76. The Morgan fingerprint density at radius 2 is 1.97 bits per heavy atom. The van der Waals surface area contributed by atoms with Gasteiger partial charge in [0, 0.05) is 42.5 Å². The number of thiophene rings is 2. The Hall–Kier alpha value is -2.92. The monoisotopic (exact) mass is 512 g/mol. The van der Waals surface area contributed by atoms with E-state index in [0.717, 1.165) is 54.5 Å². The van der Waals surface area contributed by atoms with Gasteiger partial charge in [-0.25, -0.2) is 14.2 Å². The molecule has 10 heteroatoms. The molecule has 1 aliphatic rings. The number of carbonyl (C=O) groups is 1. The Morgan fingerprint density at radius 1 is 1.20 bits per heavy atom. The number of carboxylic acids is 1. The molecule has 4 aromatic rings. The molecule has 0 bridgehead atoms. The first-order valence-corrected chi connectivity index (χ1v) is 13.0. The van der Waals surface area contributed by atoms with Crippen molar-refractivity contribution in [3.8, 4) is 10.4 Å². The number of aromatic amines is 1. The van der Waals surface area contributed by atoms with Crippen LogP contribution in [0.1, 0.15) is 38.9 Å². The van der Waals surface area contributed by atoms with Gasteiger partial charge in [0.2, 0.25) is 0 Å². The van der Waals surface area contributed by atoms with Crippen LogP contribution in [0.15, 0.2) is 41.2 Å². The number of hydrogen-bond donors (Lipinski definition) is 2.